The summed E-state index contributed by atoms with van der Waals surface area (Å²) in [6.45, 7) is 2.51. The van der Waals surface area contributed by atoms with Gasteiger partial charge in [-0.25, -0.2) is 0 Å². The van der Waals surface area contributed by atoms with Crippen LogP contribution in [-0.2, 0) is 6.42 Å². The largest absolute Gasteiger partial charge is 0.303 e. The topological polar surface area (TPSA) is 89.5 Å². The number of benzene rings is 2. The third-order valence-corrected chi connectivity index (χ3v) is 4.77. The molecule has 0 saturated heterocycles. The highest BCUT2D eigenvalue weighted by molar-refractivity contribution is 5.79. The predicted molar refractivity (Wildman–Crippen MR) is 99.9 cm³/mol. The molecule has 1 unspecified atom stereocenters. The van der Waals surface area contributed by atoms with Gasteiger partial charge in [0.1, 0.15) is 5.69 Å². The van der Waals surface area contributed by atoms with Crippen molar-refractivity contribution in [2.75, 3.05) is 11.4 Å². The van der Waals surface area contributed by atoms with Gasteiger partial charge in [0, 0.05) is 17.5 Å². The Labute approximate surface area is 151 Å². The number of hydrogen-bond acceptors (Lipinski definition) is 5. The van der Waals surface area contributed by atoms with Crippen molar-refractivity contribution in [2.45, 2.75) is 38.8 Å². The third-order valence-electron chi connectivity index (χ3n) is 4.77. The molecule has 0 aromatic heterocycles. The van der Waals surface area contributed by atoms with Crippen molar-refractivity contribution in [3.8, 4) is 11.1 Å². The zero-order valence-corrected chi connectivity index (χ0v) is 14.6. The highest BCUT2D eigenvalue weighted by Gasteiger charge is 2.42. The van der Waals surface area contributed by atoms with Gasteiger partial charge in [0.25, 0.3) is 11.9 Å². The zero-order valence-electron chi connectivity index (χ0n) is 14.6. The van der Waals surface area contributed by atoms with Crippen LogP contribution in [0.2, 0.25) is 0 Å². The van der Waals surface area contributed by atoms with E-state index in [1.54, 1.807) is 4.90 Å². The fourth-order valence-corrected chi connectivity index (χ4v) is 3.54. The molecule has 0 radical (unpaired) electrons. The molecule has 3 rings (SSSR count). The van der Waals surface area contributed by atoms with Gasteiger partial charge in [-0.15, -0.1) is 0 Å². The maximum Gasteiger partial charge on any atom is 0.293 e. The maximum absolute atomic E-state index is 11.7. The molecule has 136 valence electrons. The summed E-state index contributed by atoms with van der Waals surface area (Å²) in [5.74, 6) is 0. The van der Waals surface area contributed by atoms with Crippen molar-refractivity contribution in [3.05, 3.63) is 68.3 Å². The molecule has 0 aliphatic carbocycles. The fraction of sp³-hybridized carbons (Fsp3) is 0.368. The van der Waals surface area contributed by atoms with E-state index in [9.17, 15) is 20.2 Å². The summed E-state index contributed by atoms with van der Waals surface area (Å²) in [5, 5.41) is 23.2. The lowest BCUT2D eigenvalue weighted by atomic mass is 10.00. The minimum absolute atomic E-state index is 0.0535. The van der Waals surface area contributed by atoms with Gasteiger partial charge in [-0.2, -0.15) is 0 Å². The van der Waals surface area contributed by atoms with Crippen LogP contribution in [0.3, 0.4) is 0 Å². The minimum Gasteiger partial charge on any atom is -0.303 e. The van der Waals surface area contributed by atoms with E-state index in [0.717, 1.165) is 24.8 Å². The van der Waals surface area contributed by atoms with Gasteiger partial charge in [-0.3, -0.25) is 20.2 Å². The van der Waals surface area contributed by atoms with Crippen molar-refractivity contribution >= 4 is 11.4 Å². The van der Waals surface area contributed by atoms with Crippen molar-refractivity contribution in [2.24, 2.45) is 0 Å². The Morgan fingerprint density at radius 3 is 2.42 bits per heavy atom. The Kier molecular flexibility index (Phi) is 5.16. The monoisotopic (exact) mass is 355 g/mol. The van der Waals surface area contributed by atoms with Crippen LogP contribution in [0, 0.1) is 20.2 Å². The van der Waals surface area contributed by atoms with Crippen LogP contribution < -0.4 is 4.90 Å². The first-order valence-corrected chi connectivity index (χ1v) is 8.79. The van der Waals surface area contributed by atoms with E-state index in [0.29, 0.717) is 23.4 Å². The maximum atomic E-state index is 11.7. The summed E-state index contributed by atoms with van der Waals surface area (Å²) in [6, 6.07) is 12.8. The van der Waals surface area contributed by atoms with Gasteiger partial charge < -0.3 is 4.90 Å². The van der Waals surface area contributed by atoms with Crippen LogP contribution in [0.4, 0.5) is 11.4 Å². The second-order valence-corrected chi connectivity index (χ2v) is 6.50. The Bertz CT molecular complexity index is 823. The van der Waals surface area contributed by atoms with Crippen LogP contribution in [-0.4, -0.2) is 22.6 Å². The quantitative estimate of drug-likeness (QED) is 0.417. The first-order chi connectivity index (χ1) is 12.5. The van der Waals surface area contributed by atoms with Gasteiger partial charge in [0.2, 0.25) is 0 Å². The normalized spacial score (nSPS) is 15.7. The average Bonchev–Trinajstić information content (AvgIpc) is 3.01. The van der Waals surface area contributed by atoms with Crippen molar-refractivity contribution in [3.63, 3.8) is 0 Å². The number of anilines is 1. The second kappa shape index (κ2) is 7.51. The highest BCUT2D eigenvalue weighted by atomic mass is 16.6. The summed E-state index contributed by atoms with van der Waals surface area (Å²) in [4.78, 5) is 24.1. The summed E-state index contributed by atoms with van der Waals surface area (Å²) in [7, 11) is 0. The van der Waals surface area contributed by atoms with E-state index in [2.05, 4.69) is 6.92 Å². The number of rotatable bonds is 7. The Hall–Kier alpha value is -2.96. The lowest BCUT2D eigenvalue weighted by Crippen LogP contribution is -2.39. The van der Waals surface area contributed by atoms with E-state index in [-0.39, 0.29) is 17.0 Å². The van der Waals surface area contributed by atoms with Gasteiger partial charge in [0.15, 0.2) is 0 Å². The molecule has 1 aliphatic rings. The molecule has 1 atom stereocenters. The number of nitrogens with zero attached hydrogens (tertiary/aromatic N) is 3. The van der Waals surface area contributed by atoms with Crippen molar-refractivity contribution in [1.82, 2.24) is 0 Å². The summed E-state index contributed by atoms with van der Waals surface area (Å²) in [6.07, 6.45) is 1.95. The molecule has 0 bridgehead atoms. The smallest absolute Gasteiger partial charge is 0.293 e. The van der Waals surface area contributed by atoms with E-state index < -0.39 is 11.1 Å². The minimum atomic E-state index is -0.938. The molecule has 7 nitrogen and oxygen atoms in total. The Morgan fingerprint density at radius 2 is 1.81 bits per heavy atom. The molecule has 7 heteroatoms. The Morgan fingerprint density at radius 1 is 1.08 bits per heavy atom. The fourth-order valence-electron chi connectivity index (χ4n) is 3.54. The molecular weight excluding hydrogens is 334 g/mol. The summed E-state index contributed by atoms with van der Waals surface area (Å²) < 4.78 is 0. The third kappa shape index (κ3) is 3.37. The van der Waals surface area contributed by atoms with Gasteiger partial charge in [-0.1, -0.05) is 50.1 Å². The molecule has 0 amide bonds. The SMILES string of the molecule is CCCCCN1c2c(cc(-c3ccccc3)cc2[N+](=O)[O-])CC1[N+](=O)[O-]. The molecule has 2 aromatic carbocycles. The van der Waals surface area contributed by atoms with Crippen LogP contribution in [0.5, 0.6) is 0 Å². The van der Waals surface area contributed by atoms with Crippen LogP contribution in [0.1, 0.15) is 31.7 Å². The molecule has 0 spiro atoms. The first-order valence-electron chi connectivity index (χ1n) is 8.79. The number of unbranched alkanes of at least 4 members (excludes halogenated alkanes) is 2. The molecule has 0 N–H and O–H groups in total. The number of fused-ring (bicyclic) bond motifs is 1. The van der Waals surface area contributed by atoms with Gasteiger partial charge >= 0.3 is 0 Å². The zero-order chi connectivity index (χ0) is 18.7. The number of hydrogen-bond donors (Lipinski definition) is 0. The van der Waals surface area contributed by atoms with E-state index >= 15 is 0 Å². The summed E-state index contributed by atoms with van der Waals surface area (Å²) in [5.41, 5.74) is 2.61. The molecular formula is C19H21N3O4. The van der Waals surface area contributed by atoms with Crippen LogP contribution in [0.15, 0.2) is 42.5 Å². The lowest BCUT2D eigenvalue weighted by Gasteiger charge is -2.21. The van der Waals surface area contributed by atoms with Gasteiger partial charge in [0.05, 0.1) is 11.3 Å². The molecule has 1 aliphatic heterocycles. The van der Waals surface area contributed by atoms with Crippen molar-refractivity contribution < 1.29 is 9.85 Å². The number of nitro benzene ring substituents is 1. The Balaban J connectivity index is 2.08. The van der Waals surface area contributed by atoms with E-state index in [1.807, 2.05) is 36.4 Å². The van der Waals surface area contributed by atoms with E-state index in [4.69, 9.17) is 0 Å². The predicted octanol–water partition coefficient (Wildman–Crippen LogP) is 4.42. The molecule has 0 fully saturated rings. The lowest BCUT2D eigenvalue weighted by molar-refractivity contribution is -0.519. The summed E-state index contributed by atoms with van der Waals surface area (Å²) >= 11 is 0. The van der Waals surface area contributed by atoms with Gasteiger partial charge in [-0.05, 0) is 29.2 Å². The highest BCUT2D eigenvalue weighted by Crippen LogP contribution is 2.43. The molecule has 1 heterocycles. The van der Waals surface area contributed by atoms with E-state index in [1.165, 1.54) is 6.07 Å². The van der Waals surface area contributed by atoms with Crippen molar-refractivity contribution in [1.29, 1.82) is 0 Å². The molecule has 26 heavy (non-hydrogen) atoms. The molecule has 2 aromatic rings. The second-order valence-electron chi connectivity index (χ2n) is 6.50. The first kappa shape index (κ1) is 17.8. The van der Waals surface area contributed by atoms with Crippen LogP contribution in [0.25, 0.3) is 11.1 Å². The standard InChI is InChI=1S/C19H21N3O4/c1-2-3-7-10-20-18(22(25)26)13-16-11-15(14-8-5-4-6-9-14)12-17(19(16)20)21(23)24/h4-6,8-9,11-12,18H,2-3,7,10,13H2,1H3. The number of nitro groups is 2. The molecule has 0 saturated carbocycles. The average molecular weight is 355 g/mol. The van der Waals surface area contributed by atoms with Crippen LogP contribution >= 0.6 is 0 Å².